The van der Waals surface area contributed by atoms with E-state index in [0.29, 0.717) is 52.3 Å². The number of nitrogens with zero attached hydrogens (tertiary/aromatic N) is 5. The minimum absolute atomic E-state index is 0.1000. The molecule has 1 saturated heterocycles. The number of amides is 2. The summed E-state index contributed by atoms with van der Waals surface area (Å²) in [5.74, 6) is 5.50. The van der Waals surface area contributed by atoms with Crippen LogP contribution >= 0.6 is 0 Å². The number of aromatic nitrogens is 5. The lowest BCUT2D eigenvalue weighted by atomic mass is 10.2. The predicted octanol–water partition coefficient (Wildman–Crippen LogP) is 3.13. The predicted molar refractivity (Wildman–Crippen MR) is 140 cm³/mol. The molecule has 186 valence electrons. The standard InChI is InChI=1S/C27H26N8O2/c1-17-4-3-9-35(17)16-25(36)32-23-12-24(18(2)30-15-23)34-27(37)20-10-19-11-21(33-26(19)31-13-20)5-6-22-14-28-7-8-29-22/h7-8,10-15,17H,3-4,9,16H2,1-2H3,(H,31,33)(H,32,36)(H,34,37)/t17-/m0/s1. The number of carbonyl (C=O) groups excluding carboxylic acids is 2. The first-order valence-corrected chi connectivity index (χ1v) is 12.0. The molecular weight excluding hydrogens is 468 g/mol. The Kier molecular flexibility index (Phi) is 6.87. The van der Waals surface area contributed by atoms with Crippen LogP contribution in [0.4, 0.5) is 11.4 Å². The van der Waals surface area contributed by atoms with Crippen molar-refractivity contribution in [3.05, 3.63) is 71.8 Å². The van der Waals surface area contributed by atoms with E-state index in [1.165, 1.54) is 6.20 Å². The lowest BCUT2D eigenvalue weighted by molar-refractivity contribution is -0.117. The van der Waals surface area contributed by atoms with Gasteiger partial charge in [0.15, 0.2) is 0 Å². The maximum atomic E-state index is 13.0. The molecule has 1 atom stereocenters. The Labute approximate surface area is 214 Å². The van der Waals surface area contributed by atoms with Crippen molar-refractivity contribution in [1.29, 1.82) is 0 Å². The molecule has 0 aromatic carbocycles. The van der Waals surface area contributed by atoms with Gasteiger partial charge in [-0.3, -0.25) is 24.5 Å². The maximum absolute atomic E-state index is 13.0. The highest BCUT2D eigenvalue weighted by molar-refractivity contribution is 6.06. The highest BCUT2D eigenvalue weighted by atomic mass is 16.2. The van der Waals surface area contributed by atoms with E-state index >= 15 is 0 Å². The van der Waals surface area contributed by atoms with Gasteiger partial charge >= 0.3 is 0 Å². The van der Waals surface area contributed by atoms with Gasteiger partial charge in [0, 0.05) is 30.0 Å². The van der Waals surface area contributed by atoms with E-state index in [1.807, 2.05) is 6.07 Å². The van der Waals surface area contributed by atoms with E-state index in [0.717, 1.165) is 24.8 Å². The fraction of sp³-hybridized carbons (Fsp3) is 0.259. The smallest absolute Gasteiger partial charge is 0.257 e. The summed E-state index contributed by atoms with van der Waals surface area (Å²) in [7, 11) is 0. The van der Waals surface area contributed by atoms with Gasteiger partial charge in [0.05, 0.1) is 47.3 Å². The summed E-state index contributed by atoms with van der Waals surface area (Å²) in [5, 5.41) is 6.52. The second-order valence-electron chi connectivity index (χ2n) is 9.01. The molecule has 5 rings (SSSR count). The molecule has 0 saturated carbocycles. The van der Waals surface area contributed by atoms with Gasteiger partial charge in [-0.15, -0.1) is 0 Å². The molecule has 3 N–H and O–H groups in total. The third kappa shape index (κ3) is 5.79. The summed E-state index contributed by atoms with van der Waals surface area (Å²) in [6, 6.07) is 5.69. The molecule has 4 aromatic heterocycles. The number of aromatic amines is 1. The Morgan fingerprint density at radius 2 is 1.97 bits per heavy atom. The van der Waals surface area contributed by atoms with Crippen molar-refractivity contribution in [3.8, 4) is 11.8 Å². The van der Waals surface area contributed by atoms with Crippen LogP contribution in [0.15, 0.2) is 49.2 Å². The quantitative estimate of drug-likeness (QED) is 0.364. The molecule has 37 heavy (non-hydrogen) atoms. The van der Waals surface area contributed by atoms with E-state index < -0.39 is 0 Å². The molecule has 1 fully saturated rings. The molecule has 10 nitrogen and oxygen atoms in total. The molecule has 1 aliphatic rings. The van der Waals surface area contributed by atoms with Crippen LogP contribution in [0.3, 0.4) is 0 Å². The lowest BCUT2D eigenvalue weighted by Gasteiger charge is -2.20. The van der Waals surface area contributed by atoms with E-state index in [1.54, 1.807) is 43.8 Å². The highest BCUT2D eigenvalue weighted by Crippen LogP contribution is 2.21. The molecule has 1 aliphatic heterocycles. The Hall–Kier alpha value is -4.62. The van der Waals surface area contributed by atoms with Crippen molar-refractivity contribution in [1.82, 2.24) is 29.8 Å². The Morgan fingerprint density at radius 3 is 2.76 bits per heavy atom. The van der Waals surface area contributed by atoms with E-state index in [4.69, 9.17) is 0 Å². The van der Waals surface area contributed by atoms with Crippen molar-refractivity contribution in [2.45, 2.75) is 32.7 Å². The van der Waals surface area contributed by atoms with Gasteiger partial charge in [0.25, 0.3) is 5.91 Å². The van der Waals surface area contributed by atoms with Gasteiger partial charge in [0.1, 0.15) is 11.3 Å². The van der Waals surface area contributed by atoms with E-state index in [-0.39, 0.29) is 11.8 Å². The minimum atomic E-state index is -0.331. The number of aryl methyl sites for hydroxylation is 1. The number of pyridine rings is 2. The molecule has 0 spiro atoms. The first kappa shape index (κ1) is 24.1. The van der Waals surface area contributed by atoms with Crippen molar-refractivity contribution in [2.24, 2.45) is 0 Å². The number of fused-ring (bicyclic) bond motifs is 1. The molecule has 0 unspecified atom stereocenters. The second-order valence-corrected chi connectivity index (χ2v) is 9.01. The zero-order valence-electron chi connectivity index (χ0n) is 20.6. The summed E-state index contributed by atoms with van der Waals surface area (Å²) < 4.78 is 0. The summed E-state index contributed by atoms with van der Waals surface area (Å²) in [5.41, 5.74) is 3.90. The normalized spacial score (nSPS) is 15.2. The van der Waals surface area contributed by atoms with Gasteiger partial charge in [-0.1, -0.05) is 0 Å². The topological polar surface area (TPSA) is 129 Å². The zero-order chi connectivity index (χ0) is 25.8. The van der Waals surface area contributed by atoms with Crippen LogP contribution in [-0.2, 0) is 4.79 Å². The van der Waals surface area contributed by atoms with Crippen molar-refractivity contribution >= 4 is 34.2 Å². The van der Waals surface area contributed by atoms with Crippen molar-refractivity contribution < 1.29 is 9.59 Å². The molecular formula is C27H26N8O2. The average Bonchev–Trinajstić information content (AvgIpc) is 3.50. The monoisotopic (exact) mass is 494 g/mol. The first-order valence-electron chi connectivity index (χ1n) is 12.0. The largest absolute Gasteiger partial charge is 0.333 e. The third-order valence-corrected chi connectivity index (χ3v) is 6.28. The molecule has 10 heteroatoms. The number of rotatable bonds is 5. The molecule has 0 aliphatic carbocycles. The van der Waals surface area contributed by atoms with Crippen LogP contribution in [0.25, 0.3) is 11.0 Å². The summed E-state index contributed by atoms with van der Waals surface area (Å²) >= 11 is 0. The minimum Gasteiger partial charge on any atom is -0.333 e. The highest BCUT2D eigenvalue weighted by Gasteiger charge is 2.22. The summed E-state index contributed by atoms with van der Waals surface area (Å²) in [4.78, 5) is 47.6. The summed E-state index contributed by atoms with van der Waals surface area (Å²) in [6.45, 7) is 5.19. The van der Waals surface area contributed by atoms with Gasteiger partial charge in [-0.05, 0) is 63.3 Å². The van der Waals surface area contributed by atoms with Gasteiger partial charge in [-0.2, -0.15) is 0 Å². The molecule has 2 amide bonds. The number of H-pyrrole nitrogens is 1. The summed E-state index contributed by atoms with van der Waals surface area (Å²) in [6.07, 6.45) is 10.1. The molecule has 5 heterocycles. The number of likely N-dealkylation sites (tertiary alicyclic amines) is 1. The number of hydrogen-bond donors (Lipinski definition) is 3. The zero-order valence-corrected chi connectivity index (χ0v) is 20.6. The van der Waals surface area contributed by atoms with Crippen LogP contribution in [0.1, 0.15) is 47.2 Å². The fourth-order valence-corrected chi connectivity index (χ4v) is 4.24. The SMILES string of the molecule is Cc1ncc(NC(=O)CN2CCC[C@@H]2C)cc1NC(=O)c1cnc2[nH]c(C#Cc3cnccn3)cc2c1. The van der Waals surface area contributed by atoms with Gasteiger partial charge in [0.2, 0.25) is 5.91 Å². The Morgan fingerprint density at radius 1 is 1.08 bits per heavy atom. The Balaban J connectivity index is 1.27. The van der Waals surface area contributed by atoms with Crippen LogP contribution in [-0.4, -0.2) is 60.8 Å². The van der Waals surface area contributed by atoms with Crippen LogP contribution in [0, 0.1) is 18.8 Å². The number of hydrogen-bond acceptors (Lipinski definition) is 7. The maximum Gasteiger partial charge on any atom is 0.257 e. The first-order chi connectivity index (χ1) is 17.9. The van der Waals surface area contributed by atoms with E-state index in [2.05, 4.69) is 59.2 Å². The van der Waals surface area contributed by atoms with Crippen molar-refractivity contribution in [3.63, 3.8) is 0 Å². The second kappa shape index (κ2) is 10.6. The van der Waals surface area contributed by atoms with Crippen molar-refractivity contribution in [2.75, 3.05) is 23.7 Å². The molecule has 0 radical (unpaired) electrons. The Bertz CT molecular complexity index is 1520. The lowest BCUT2D eigenvalue weighted by Crippen LogP contribution is -2.35. The van der Waals surface area contributed by atoms with Gasteiger partial charge < -0.3 is 15.6 Å². The number of anilines is 2. The van der Waals surface area contributed by atoms with Crippen LogP contribution < -0.4 is 10.6 Å². The van der Waals surface area contributed by atoms with Crippen LogP contribution in [0.2, 0.25) is 0 Å². The van der Waals surface area contributed by atoms with E-state index in [9.17, 15) is 9.59 Å². The third-order valence-electron chi connectivity index (χ3n) is 6.28. The molecule has 4 aromatic rings. The average molecular weight is 495 g/mol. The van der Waals surface area contributed by atoms with Crippen LogP contribution in [0.5, 0.6) is 0 Å². The molecule has 0 bridgehead atoms. The number of carbonyl (C=O) groups is 2. The van der Waals surface area contributed by atoms with Gasteiger partial charge in [-0.25, -0.2) is 9.97 Å². The number of nitrogens with one attached hydrogen (secondary N) is 3. The fourth-order valence-electron chi connectivity index (χ4n) is 4.24.